The number of alkyl halides is 6. The summed E-state index contributed by atoms with van der Waals surface area (Å²) < 4.78 is 103. The standard InChI is InChI=1S/4C18H21FN2O.2C17H20FN3O/c4*19-18(8-5-13(22)6-9-18)10-7-16-14-3-1-2-4-15(14)17-11-20-12-21(16)17;2*18-17(5-1-12(22)2-6-17)7-3-15-14-9-19-8-4-13(14)16-10-20-11-21(15)16/h4*1-4,11-13,16,22H,5-10H2;2*4,8-12,15,22H,1-3,5-7H2/t2*13?,16-,18?;;;;/m10..../s1. The van der Waals surface area contributed by atoms with Crippen LogP contribution in [0.1, 0.15) is 301 Å². The van der Waals surface area contributed by atoms with Gasteiger partial charge in [0.05, 0.1) is 182 Å². The van der Waals surface area contributed by atoms with E-state index in [2.05, 4.69) is 116 Å². The molecule has 12 aliphatic rings. The quantitative estimate of drug-likeness (QED) is 0.0437. The minimum absolute atomic E-state index is 0.126. The summed E-state index contributed by atoms with van der Waals surface area (Å²) in [7, 11) is 0. The van der Waals surface area contributed by atoms with Crippen molar-refractivity contribution in [3.8, 4) is 67.5 Å². The van der Waals surface area contributed by atoms with E-state index in [1.54, 1.807) is 12.4 Å². The van der Waals surface area contributed by atoms with Crippen molar-refractivity contribution in [3.63, 3.8) is 0 Å². The highest BCUT2D eigenvalue weighted by Crippen LogP contribution is 2.53. The molecule has 20 nitrogen and oxygen atoms in total. The number of aliphatic hydroxyl groups excluding tert-OH is 6. The smallest absolute Gasteiger partial charge is 0.111 e. The molecule has 12 aromatic rings. The summed E-state index contributed by atoms with van der Waals surface area (Å²) in [4.78, 5) is 33.9. The number of aromatic nitrogens is 14. The van der Waals surface area contributed by atoms with Gasteiger partial charge in [-0.1, -0.05) is 97.1 Å². The van der Waals surface area contributed by atoms with Crippen molar-refractivity contribution in [2.24, 2.45) is 0 Å². The zero-order chi connectivity index (χ0) is 90.9. The van der Waals surface area contributed by atoms with Gasteiger partial charge in [0, 0.05) is 69.3 Å². The van der Waals surface area contributed by atoms with Gasteiger partial charge in [0.15, 0.2) is 0 Å². The molecule has 6 aliphatic heterocycles. The average Bonchev–Trinajstić information content (AvgIpc) is 1.63. The number of rotatable bonds is 18. The van der Waals surface area contributed by atoms with Gasteiger partial charge in [0.1, 0.15) is 34.0 Å². The molecule has 4 unspecified atom stereocenters. The normalized spacial score (nSPS) is 30.1. The summed E-state index contributed by atoms with van der Waals surface area (Å²) in [6.45, 7) is 0. The molecule has 6 fully saturated rings. The molecule has 6 saturated carbocycles. The van der Waals surface area contributed by atoms with Crippen LogP contribution in [0.3, 0.4) is 0 Å². The van der Waals surface area contributed by atoms with Crippen LogP contribution in [0.25, 0.3) is 67.5 Å². The fraction of sp³-hybridized carbons (Fsp3) is 0.509. The topological polar surface area (TPSA) is 254 Å². The third-order valence-electron chi connectivity index (χ3n) is 31.7. The number of aliphatic hydroxyl groups is 6. The van der Waals surface area contributed by atoms with E-state index in [4.69, 9.17) is 0 Å². The molecule has 24 rings (SSSR count). The molecular weight excluding hydrogens is 1680 g/mol. The van der Waals surface area contributed by atoms with Crippen LogP contribution in [-0.4, -0.2) is 169 Å². The van der Waals surface area contributed by atoms with Gasteiger partial charge in [-0.25, -0.2) is 56.2 Å². The van der Waals surface area contributed by atoms with Crippen molar-refractivity contribution in [2.45, 2.75) is 338 Å². The second-order valence-electron chi connectivity index (χ2n) is 40.0. The van der Waals surface area contributed by atoms with Crippen molar-refractivity contribution < 1.29 is 57.0 Å². The summed E-state index contributed by atoms with van der Waals surface area (Å²) in [5.74, 6) is 0. The predicted molar refractivity (Wildman–Crippen MR) is 496 cm³/mol. The zero-order valence-electron chi connectivity index (χ0n) is 75.2. The van der Waals surface area contributed by atoms with E-state index in [0.717, 1.165) is 83.8 Å². The van der Waals surface area contributed by atoms with Gasteiger partial charge in [-0.05, 0) is 266 Å². The molecule has 0 spiro atoms. The van der Waals surface area contributed by atoms with Crippen molar-refractivity contribution in [2.75, 3.05) is 0 Å². The van der Waals surface area contributed by atoms with Crippen molar-refractivity contribution in [3.05, 3.63) is 243 Å². The first-order chi connectivity index (χ1) is 64.0. The van der Waals surface area contributed by atoms with Gasteiger partial charge < -0.3 is 58.0 Å². The van der Waals surface area contributed by atoms with Crippen LogP contribution in [0, 0.1) is 0 Å². The Kier molecular flexibility index (Phi) is 26.6. The Balaban J connectivity index is 0.000000102. The summed E-state index contributed by atoms with van der Waals surface area (Å²) in [6, 6.07) is 38.4. The predicted octanol–water partition coefficient (Wildman–Crippen LogP) is 22.0. The molecule has 4 aromatic carbocycles. The summed E-state index contributed by atoms with van der Waals surface area (Å²) >= 11 is 0. The number of pyridine rings is 2. The van der Waals surface area contributed by atoms with Gasteiger partial charge in [0.25, 0.3) is 0 Å². The SMILES string of the molecule is OC1CCC(F)(CCC2c3ccccc3-c3cncn32)CC1.OC1CCC(F)(CCC2c3ccccc3-c3cncn32)CC1.OC1CCC(F)(CCC2c3cnccc3-c3cncn32)CC1.OC1CCC(F)(CCC2c3cnccc3-c3cncn32)CC1.OC1CCC(F)(CC[C@@H]2c3ccccc3-c3cncn32)CC1.OC1CCC(F)(CC[C@H]2c3ccccc3-c3cncn32)CC1. The van der Waals surface area contributed by atoms with Crippen LogP contribution >= 0.6 is 0 Å². The molecule has 0 saturated heterocycles. The van der Waals surface area contributed by atoms with Crippen LogP contribution in [0.15, 0.2) is 209 Å². The lowest BCUT2D eigenvalue weighted by Gasteiger charge is -2.33. The molecule has 26 heteroatoms. The lowest BCUT2D eigenvalue weighted by molar-refractivity contribution is 0.0253. The van der Waals surface area contributed by atoms with Crippen molar-refractivity contribution in [1.29, 1.82) is 0 Å². The highest BCUT2D eigenvalue weighted by molar-refractivity contribution is 5.73. The molecule has 8 aromatic heterocycles. The Morgan fingerprint density at radius 3 is 0.576 bits per heavy atom. The maximum atomic E-state index is 14.9. The van der Waals surface area contributed by atoms with E-state index in [0.29, 0.717) is 193 Å². The number of fused-ring (bicyclic) bond motifs is 18. The number of halogens is 6. The van der Waals surface area contributed by atoms with Gasteiger partial charge in [-0.3, -0.25) is 9.97 Å². The Labute approximate surface area is 768 Å². The number of benzene rings is 4. The Morgan fingerprint density at radius 1 is 0.220 bits per heavy atom. The highest BCUT2D eigenvalue weighted by Gasteiger charge is 2.45. The molecule has 14 heterocycles. The first-order valence-electron chi connectivity index (χ1n) is 48.6. The largest absolute Gasteiger partial charge is 0.393 e. The number of imidazole rings is 6. The average molecular weight is 1800 g/mol. The molecule has 6 N–H and O–H groups in total. The molecule has 132 heavy (non-hydrogen) atoms. The second-order valence-corrected chi connectivity index (χ2v) is 40.0. The molecule has 0 amide bonds. The fourth-order valence-electron chi connectivity index (χ4n) is 23.7. The van der Waals surface area contributed by atoms with Gasteiger partial charge in [-0.15, -0.1) is 0 Å². The van der Waals surface area contributed by atoms with E-state index in [9.17, 15) is 57.0 Å². The number of hydrogen-bond donors (Lipinski definition) is 6. The lowest BCUT2D eigenvalue weighted by Crippen LogP contribution is -2.32. The van der Waals surface area contributed by atoms with Gasteiger partial charge in [0.2, 0.25) is 0 Å². The minimum Gasteiger partial charge on any atom is -0.393 e. The van der Waals surface area contributed by atoms with Crippen LogP contribution in [0.4, 0.5) is 26.3 Å². The second kappa shape index (κ2) is 38.6. The summed E-state index contributed by atoms with van der Waals surface area (Å²) in [5, 5.41) is 57.4. The van der Waals surface area contributed by atoms with Gasteiger partial charge in [-0.2, -0.15) is 0 Å². The van der Waals surface area contributed by atoms with E-state index in [-0.39, 0.29) is 72.9 Å². The van der Waals surface area contributed by atoms with E-state index >= 15 is 0 Å². The van der Waals surface area contributed by atoms with E-state index < -0.39 is 34.0 Å². The summed E-state index contributed by atoms with van der Waals surface area (Å²) in [5.41, 5.74) is 14.6. The van der Waals surface area contributed by atoms with Gasteiger partial charge >= 0.3 is 0 Å². The third-order valence-corrected chi connectivity index (χ3v) is 31.7. The first-order valence-corrected chi connectivity index (χ1v) is 48.6. The van der Waals surface area contributed by atoms with Crippen LogP contribution in [-0.2, 0) is 0 Å². The fourth-order valence-corrected chi connectivity index (χ4v) is 23.7. The lowest BCUT2D eigenvalue weighted by atomic mass is 9.80. The molecule has 0 bridgehead atoms. The monoisotopic (exact) mass is 1800 g/mol. The van der Waals surface area contributed by atoms with Crippen molar-refractivity contribution >= 4 is 0 Å². The summed E-state index contributed by atoms with van der Waals surface area (Å²) in [6.07, 6.45) is 48.5. The maximum Gasteiger partial charge on any atom is 0.111 e. The molecule has 0 radical (unpaired) electrons. The zero-order valence-corrected chi connectivity index (χ0v) is 75.2. The van der Waals surface area contributed by atoms with Crippen LogP contribution in [0.2, 0.25) is 0 Å². The Bertz CT molecular complexity index is 4960. The minimum atomic E-state index is -1.13. The molecular formula is C106H124F6N14O6. The van der Waals surface area contributed by atoms with Crippen LogP contribution < -0.4 is 0 Å². The Morgan fingerprint density at radius 2 is 0.386 bits per heavy atom. The number of hydrogen-bond acceptors (Lipinski definition) is 14. The molecule has 6 atom stereocenters. The molecule has 6 aliphatic carbocycles. The molecule has 696 valence electrons. The van der Waals surface area contributed by atoms with Crippen molar-refractivity contribution in [1.82, 2.24) is 67.3 Å². The van der Waals surface area contributed by atoms with Crippen LogP contribution in [0.5, 0.6) is 0 Å². The Hall–Kier alpha value is -10.2. The first kappa shape index (κ1) is 90.9. The highest BCUT2D eigenvalue weighted by atomic mass is 19.2. The number of nitrogens with zero attached hydrogens (tertiary/aromatic N) is 14. The third kappa shape index (κ3) is 19.3. The maximum absolute atomic E-state index is 14.9. The van der Waals surface area contributed by atoms with E-state index in [1.165, 1.54) is 55.6 Å². The van der Waals surface area contributed by atoms with E-state index in [1.807, 2.05) is 148 Å².